The van der Waals surface area contributed by atoms with Gasteiger partial charge in [0.15, 0.2) is 5.65 Å². The van der Waals surface area contributed by atoms with Crippen LogP contribution < -0.4 is 0 Å². The van der Waals surface area contributed by atoms with Crippen LogP contribution in [0.2, 0.25) is 5.02 Å². The highest BCUT2D eigenvalue weighted by atomic mass is 79.9. The number of nitrogens with zero attached hydrogens (tertiary/aromatic N) is 3. The van der Waals surface area contributed by atoms with E-state index in [0.29, 0.717) is 5.02 Å². The molecule has 118 valence electrons. The van der Waals surface area contributed by atoms with Crippen molar-refractivity contribution in [3.05, 3.63) is 75.9 Å². The van der Waals surface area contributed by atoms with E-state index in [1.807, 2.05) is 60.0 Å². The Morgan fingerprint density at radius 2 is 1.67 bits per heavy atom. The van der Waals surface area contributed by atoms with Crippen molar-refractivity contribution in [2.45, 2.75) is 6.92 Å². The van der Waals surface area contributed by atoms with Gasteiger partial charge in [-0.05, 0) is 41.1 Å². The molecule has 0 aliphatic heterocycles. The summed E-state index contributed by atoms with van der Waals surface area (Å²) in [5.74, 6) is 0. The van der Waals surface area contributed by atoms with Crippen LogP contribution in [0, 0.1) is 6.92 Å². The van der Waals surface area contributed by atoms with Crippen LogP contribution in [0.4, 0.5) is 0 Å². The largest absolute Gasteiger partial charge is 0.233 e. The smallest absolute Gasteiger partial charge is 0.170 e. The van der Waals surface area contributed by atoms with E-state index in [2.05, 4.69) is 33.0 Å². The molecular formula is C19H13BrClN3. The van der Waals surface area contributed by atoms with Crippen LogP contribution in [0.15, 0.2) is 65.1 Å². The second kappa shape index (κ2) is 6.04. The third-order valence-electron chi connectivity index (χ3n) is 3.85. The number of hydrogen-bond acceptors (Lipinski definition) is 2. The minimum Gasteiger partial charge on any atom is -0.233 e. The molecule has 2 aromatic heterocycles. The van der Waals surface area contributed by atoms with Gasteiger partial charge in [0.25, 0.3) is 0 Å². The van der Waals surface area contributed by atoms with Crippen molar-refractivity contribution in [1.82, 2.24) is 14.6 Å². The van der Waals surface area contributed by atoms with E-state index in [1.54, 1.807) is 0 Å². The number of fused-ring (bicyclic) bond motifs is 1. The highest BCUT2D eigenvalue weighted by Crippen LogP contribution is 2.33. The molecule has 0 atom stereocenters. The van der Waals surface area contributed by atoms with Crippen LogP contribution >= 0.6 is 27.5 Å². The second-order valence-electron chi connectivity index (χ2n) is 5.55. The molecule has 0 aliphatic carbocycles. The van der Waals surface area contributed by atoms with Gasteiger partial charge in [-0.2, -0.15) is 5.10 Å². The third kappa shape index (κ3) is 2.62. The Bertz CT molecular complexity index is 1020. The van der Waals surface area contributed by atoms with Crippen LogP contribution in [0.25, 0.3) is 28.2 Å². The Kier molecular flexibility index (Phi) is 3.87. The van der Waals surface area contributed by atoms with Crippen molar-refractivity contribution < 1.29 is 0 Å². The summed E-state index contributed by atoms with van der Waals surface area (Å²) < 4.78 is 2.77. The zero-order valence-electron chi connectivity index (χ0n) is 12.9. The summed E-state index contributed by atoms with van der Waals surface area (Å²) in [6.45, 7) is 1.99. The van der Waals surface area contributed by atoms with E-state index < -0.39 is 0 Å². The monoisotopic (exact) mass is 397 g/mol. The van der Waals surface area contributed by atoms with E-state index in [4.69, 9.17) is 16.7 Å². The lowest BCUT2D eigenvalue weighted by molar-refractivity contribution is 0.942. The maximum Gasteiger partial charge on any atom is 0.170 e. The standard InChI is InChI=1S/C19H13BrClN3/c1-12-11-16(13-5-3-2-4-6-13)24-19(22-12)17(20)18(23-24)14-7-9-15(21)10-8-14/h2-11H,1H3. The first-order chi connectivity index (χ1) is 11.6. The van der Waals surface area contributed by atoms with Crippen LogP contribution in [-0.2, 0) is 0 Å². The van der Waals surface area contributed by atoms with Crippen LogP contribution in [0.1, 0.15) is 5.69 Å². The quantitative estimate of drug-likeness (QED) is 0.428. The molecule has 3 nitrogen and oxygen atoms in total. The fourth-order valence-electron chi connectivity index (χ4n) is 2.72. The van der Waals surface area contributed by atoms with Crippen molar-refractivity contribution in [2.75, 3.05) is 0 Å². The van der Waals surface area contributed by atoms with Gasteiger partial charge in [0.1, 0.15) is 5.69 Å². The van der Waals surface area contributed by atoms with E-state index in [1.165, 1.54) is 0 Å². The predicted octanol–water partition coefficient (Wildman–Crippen LogP) is 5.79. The average molecular weight is 399 g/mol. The number of aryl methyl sites for hydroxylation is 1. The van der Waals surface area contributed by atoms with Gasteiger partial charge < -0.3 is 0 Å². The van der Waals surface area contributed by atoms with E-state index in [0.717, 1.165) is 38.3 Å². The van der Waals surface area contributed by atoms with Gasteiger partial charge in [-0.25, -0.2) is 9.50 Å². The van der Waals surface area contributed by atoms with Gasteiger partial charge in [-0.15, -0.1) is 0 Å². The van der Waals surface area contributed by atoms with Gasteiger partial charge in [0, 0.05) is 21.8 Å². The first-order valence-corrected chi connectivity index (χ1v) is 8.68. The van der Waals surface area contributed by atoms with Crippen molar-refractivity contribution in [3.8, 4) is 22.5 Å². The molecule has 5 heteroatoms. The molecule has 0 radical (unpaired) electrons. The lowest BCUT2D eigenvalue weighted by Crippen LogP contribution is -1.98. The summed E-state index contributed by atoms with van der Waals surface area (Å²) >= 11 is 9.66. The molecule has 0 aliphatic rings. The molecule has 24 heavy (non-hydrogen) atoms. The molecule has 0 spiro atoms. The molecule has 0 bridgehead atoms. The van der Waals surface area contributed by atoms with E-state index >= 15 is 0 Å². The molecule has 0 saturated carbocycles. The highest BCUT2D eigenvalue weighted by Gasteiger charge is 2.17. The first kappa shape index (κ1) is 15.4. The van der Waals surface area contributed by atoms with Crippen molar-refractivity contribution in [3.63, 3.8) is 0 Å². The minimum absolute atomic E-state index is 0.706. The molecular weight excluding hydrogens is 386 g/mol. The Morgan fingerprint density at radius 3 is 2.38 bits per heavy atom. The number of halogens is 2. The highest BCUT2D eigenvalue weighted by molar-refractivity contribution is 9.10. The predicted molar refractivity (Wildman–Crippen MR) is 101 cm³/mol. The van der Waals surface area contributed by atoms with Crippen LogP contribution in [-0.4, -0.2) is 14.6 Å². The molecule has 0 N–H and O–H groups in total. The first-order valence-electron chi connectivity index (χ1n) is 7.51. The summed E-state index contributed by atoms with van der Waals surface area (Å²) in [5, 5.41) is 5.50. The van der Waals surface area contributed by atoms with E-state index in [9.17, 15) is 0 Å². The van der Waals surface area contributed by atoms with Crippen molar-refractivity contribution >= 4 is 33.2 Å². The summed E-state index contributed by atoms with van der Waals surface area (Å²) in [6, 6.07) is 19.9. The topological polar surface area (TPSA) is 30.2 Å². The van der Waals surface area contributed by atoms with Crippen molar-refractivity contribution in [2.24, 2.45) is 0 Å². The fraction of sp³-hybridized carbons (Fsp3) is 0.0526. The molecule has 0 amide bonds. The summed E-state index contributed by atoms with van der Waals surface area (Å²) in [5.41, 5.74) is 5.71. The molecule has 4 aromatic rings. The Hall–Kier alpha value is -2.17. The Labute approximate surface area is 153 Å². The number of benzene rings is 2. The maximum atomic E-state index is 5.99. The van der Waals surface area contributed by atoms with Gasteiger partial charge in [-0.3, -0.25) is 0 Å². The molecule has 4 rings (SSSR count). The van der Waals surface area contributed by atoms with Gasteiger partial charge in [0.05, 0.1) is 10.2 Å². The minimum atomic E-state index is 0.706. The zero-order valence-corrected chi connectivity index (χ0v) is 15.2. The van der Waals surface area contributed by atoms with Crippen LogP contribution in [0.5, 0.6) is 0 Å². The molecule has 2 aromatic carbocycles. The van der Waals surface area contributed by atoms with Gasteiger partial charge >= 0.3 is 0 Å². The van der Waals surface area contributed by atoms with Crippen molar-refractivity contribution in [1.29, 1.82) is 0 Å². The fourth-order valence-corrected chi connectivity index (χ4v) is 3.41. The van der Waals surface area contributed by atoms with E-state index in [-0.39, 0.29) is 0 Å². The van der Waals surface area contributed by atoms with Crippen LogP contribution in [0.3, 0.4) is 0 Å². The summed E-state index contributed by atoms with van der Waals surface area (Å²) in [7, 11) is 0. The maximum absolute atomic E-state index is 5.99. The summed E-state index contributed by atoms with van der Waals surface area (Å²) in [4.78, 5) is 4.65. The summed E-state index contributed by atoms with van der Waals surface area (Å²) in [6.07, 6.45) is 0. The number of rotatable bonds is 2. The number of aromatic nitrogens is 3. The normalized spacial score (nSPS) is 11.1. The van der Waals surface area contributed by atoms with Gasteiger partial charge in [0.2, 0.25) is 0 Å². The molecule has 0 saturated heterocycles. The molecule has 0 fully saturated rings. The molecule has 2 heterocycles. The lowest BCUT2D eigenvalue weighted by atomic mass is 10.1. The Balaban J connectivity index is 2.00. The molecule has 0 unspecified atom stereocenters. The van der Waals surface area contributed by atoms with Gasteiger partial charge in [-0.1, -0.05) is 54.1 Å². The zero-order chi connectivity index (χ0) is 16.7. The average Bonchev–Trinajstić information content (AvgIpc) is 2.93. The third-order valence-corrected chi connectivity index (χ3v) is 4.83. The Morgan fingerprint density at radius 1 is 0.958 bits per heavy atom. The lowest BCUT2D eigenvalue weighted by Gasteiger charge is -2.06. The SMILES string of the molecule is Cc1cc(-c2ccccc2)n2nc(-c3ccc(Cl)cc3)c(Br)c2n1. The number of hydrogen-bond donors (Lipinski definition) is 0. The second-order valence-corrected chi connectivity index (χ2v) is 6.78.